The zero-order valence-electron chi connectivity index (χ0n) is 81.7. The lowest BCUT2D eigenvalue weighted by atomic mass is 9.96. The Morgan fingerprint density at radius 3 is 0.787 bits per heavy atom. The molecule has 0 aliphatic heterocycles. The van der Waals surface area contributed by atoms with Gasteiger partial charge < -0.3 is 0 Å². The number of pyridine rings is 3. The second kappa shape index (κ2) is 41.3. The van der Waals surface area contributed by atoms with Gasteiger partial charge in [0.25, 0.3) is 0 Å². The van der Waals surface area contributed by atoms with Crippen LogP contribution in [0.15, 0.2) is 565 Å². The zero-order chi connectivity index (χ0) is 99.8. The van der Waals surface area contributed by atoms with Crippen molar-refractivity contribution in [2.24, 2.45) is 0 Å². The van der Waals surface area contributed by atoms with Crippen LogP contribution in [0, 0.1) is 0 Å². The zero-order valence-corrected chi connectivity index (χ0v) is 81.7. The first kappa shape index (κ1) is 91.1. The molecule has 0 aliphatic carbocycles. The van der Waals surface area contributed by atoms with Gasteiger partial charge in [-0.2, -0.15) is 0 Å². The summed E-state index contributed by atoms with van der Waals surface area (Å²) >= 11 is 0. The Morgan fingerprint density at radius 1 is 0.107 bits per heavy atom. The minimum Gasteiger partial charge on any atom is -0.264 e. The van der Waals surface area contributed by atoms with E-state index in [1.165, 1.54) is 98.2 Å². The van der Waals surface area contributed by atoms with Crippen molar-refractivity contribution in [3.05, 3.63) is 565 Å². The van der Waals surface area contributed by atoms with Gasteiger partial charge in [-0.25, -0.2) is 29.9 Å². The molecule has 0 N–H and O–H groups in total. The minimum absolute atomic E-state index is 0.685. The largest absolute Gasteiger partial charge is 0.264 e. The van der Waals surface area contributed by atoms with Crippen molar-refractivity contribution in [2.75, 3.05) is 0 Å². The van der Waals surface area contributed by atoms with Gasteiger partial charge in [0, 0.05) is 98.2 Å². The molecule has 0 amide bonds. The molecular formula is C141H93N9. The smallest absolute Gasteiger partial charge is 0.160 e. The van der Waals surface area contributed by atoms with E-state index in [0.29, 0.717) is 17.5 Å². The van der Waals surface area contributed by atoms with E-state index in [4.69, 9.17) is 29.9 Å². The van der Waals surface area contributed by atoms with E-state index in [-0.39, 0.29) is 0 Å². The van der Waals surface area contributed by atoms with Gasteiger partial charge in [-0.05, 0) is 221 Å². The molecule has 0 spiro atoms. The van der Waals surface area contributed by atoms with Crippen molar-refractivity contribution in [1.82, 2.24) is 44.9 Å². The predicted octanol–water partition coefficient (Wildman–Crippen LogP) is 36.5. The molecule has 27 rings (SSSR count). The summed E-state index contributed by atoms with van der Waals surface area (Å²) in [4.78, 5) is 44.1. The Kier molecular flexibility index (Phi) is 25.1. The predicted molar refractivity (Wildman–Crippen MR) is 622 cm³/mol. The molecule has 0 bridgehead atoms. The molecular weight excluding hydrogens is 1820 g/mol. The third-order valence-electron chi connectivity index (χ3n) is 28.2. The highest BCUT2D eigenvalue weighted by atomic mass is 14.9. The number of benzene rings is 21. The summed E-state index contributed by atoms with van der Waals surface area (Å²) in [5, 5.41) is 14.6. The molecule has 9 nitrogen and oxygen atoms in total. The Morgan fingerprint density at radius 2 is 0.360 bits per heavy atom. The molecule has 0 saturated carbocycles. The quantitative estimate of drug-likeness (QED) is 0.0828. The highest BCUT2D eigenvalue weighted by molar-refractivity contribution is 6.01. The van der Waals surface area contributed by atoms with Crippen LogP contribution in [0.5, 0.6) is 0 Å². The van der Waals surface area contributed by atoms with Crippen molar-refractivity contribution < 1.29 is 0 Å². The van der Waals surface area contributed by atoms with Crippen LogP contribution in [-0.2, 0) is 0 Å². The Balaban J connectivity index is 0.000000117. The molecule has 0 fully saturated rings. The van der Waals surface area contributed by atoms with Crippen LogP contribution in [0.4, 0.5) is 0 Å². The number of fused-ring (bicyclic) bond motifs is 6. The van der Waals surface area contributed by atoms with E-state index in [1.54, 1.807) is 12.4 Å². The molecule has 0 radical (unpaired) electrons. The van der Waals surface area contributed by atoms with E-state index in [0.717, 1.165) is 151 Å². The van der Waals surface area contributed by atoms with E-state index >= 15 is 0 Å². The van der Waals surface area contributed by atoms with E-state index < -0.39 is 0 Å². The molecule has 9 heteroatoms. The normalized spacial score (nSPS) is 11.2. The summed E-state index contributed by atoms with van der Waals surface area (Å²) in [5.41, 5.74) is 35.0. The van der Waals surface area contributed by atoms with Crippen LogP contribution in [0.1, 0.15) is 0 Å². The number of hydrogen-bond donors (Lipinski definition) is 0. The van der Waals surface area contributed by atoms with Gasteiger partial charge in [0.05, 0.1) is 34.2 Å². The maximum Gasteiger partial charge on any atom is 0.160 e. The second-order valence-corrected chi connectivity index (χ2v) is 37.6. The maximum atomic E-state index is 5.23. The molecule has 6 aromatic heterocycles. The number of rotatable bonds is 18. The van der Waals surface area contributed by atoms with Crippen LogP contribution in [0.3, 0.4) is 0 Å². The Bertz CT molecular complexity index is 9250. The van der Waals surface area contributed by atoms with Gasteiger partial charge in [0.15, 0.2) is 17.5 Å². The lowest BCUT2D eigenvalue weighted by Crippen LogP contribution is -1.96. The van der Waals surface area contributed by atoms with Crippen LogP contribution >= 0.6 is 0 Å². The van der Waals surface area contributed by atoms with Crippen LogP contribution in [-0.4, -0.2) is 44.9 Å². The summed E-state index contributed by atoms with van der Waals surface area (Å²) in [7, 11) is 0. The fourth-order valence-electron chi connectivity index (χ4n) is 20.2. The molecule has 150 heavy (non-hydrogen) atoms. The number of nitrogens with zero attached hydrogens (tertiary/aromatic N) is 9. The molecule has 0 unspecified atom stereocenters. The molecule has 0 atom stereocenters. The molecule has 702 valence electrons. The summed E-state index contributed by atoms with van der Waals surface area (Å²) in [6.07, 6.45) is 11.2. The van der Waals surface area contributed by atoms with Crippen molar-refractivity contribution >= 4 is 64.6 Å². The summed E-state index contributed by atoms with van der Waals surface area (Å²) in [5.74, 6) is 2.07. The van der Waals surface area contributed by atoms with Crippen molar-refractivity contribution in [3.63, 3.8) is 0 Å². The fraction of sp³-hybridized carbons (Fsp3) is 0. The fourth-order valence-corrected chi connectivity index (χ4v) is 20.2. The highest BCUT2D eigenvalue weighted by Crippen LogP contribution is 2.42. The van der Waals surface area contributed by atoms with Gasteiger partial charge in [0.1, 0.15) is 0 Å². The SMILES string of the molecule is c1cc(-c2nc(-c3ccc(-c4cccc5ccccc45)cc3)cc(-c3ccc(-c4cncc5ccccc45)cc3)n2)cc(-c2cccc3ccccc23)c1.c1ccc(-c2ccc(-c3nc(-c4ccc(-c5cccnc5)cc4)cc(-c4ccc(-c5ccc6ccccc6c5)cc4)n3)cc2)cc1.c1cncc(-c2ccc(-c3cc(-c4cccc(-c5ccc6ccccc6c5)c4)nc(-c4cccc(-c5ccc6ccccc6c5)c4)n3)cc2)c1. The van der Waals surface area contributed by atoms with Crippen LogP contribution < -0.4 is 0 Å². The van der Waals surface area contributed by atoms with Gasteiger partial charge in [-0.15, -0.1) is 0 Å². The molecule has 21 aromatic carbocycles. The summed E-state index contributed by atoms with van der Waals surface area (Å²) in [6, 6.07) is 186. The molecule has 6 heterocycles. The molecule has 0 saturated heterocycles. The Labute approximate surface area is 870 Å². The number of aromatic nitrogens is 9. The monoisotopic (exact) mass is 1910 g/mol. The lowest BCUT2D eigenvalue weighted by molar-refractivity contribution is 1.18. The first-order valence-corrected chi connectivity index (χ1v) is 50.5. The van der Waals surface area contributed by atoms with E-state index in [1.807, 2.05) is 43.0 Å². The average molecular weight is 1910 g/mol. The van der Waals surface area contributed by atoms with Gasteiger partial charge in [-0.1, -0.05) is 461 Å². The van der Waals surface area contributed by atoms with Gasteiger partial charge >= 0.3 is 0 Å². The average Bonchev–Trinajstić information content (AvgIpc) is 0.780. The second-order valence-electron chi connectivity index (χ2n) is 37.6. The van der Waals surface area contributed by atoms with Crippen molar-refractivity contribution in [3.8, 4) is 202 Å². The van der Waals surface area contributed by atoms with Crippen molar-refractivity contribution in [1.29, 1.82) is 0 Å². The van der Waals surface area contributed by atoms with E-state index in [9.17, 15) is 0 Å². The maximum absolute atomic E-state index is 5.23. The molecule has 27 aromatic rings. The van der Waals surface area contributed by atoms with Gasteiger partial charge in [0.2, 0.25) is 0 Å². The summed E-state index contributed by atoms with van der Waals surface area (Å²) in [6.45, 7) is 0. The summed E-state index contributed by atoms with van der Waals surface area (Å²) < 4.78 is 0. The topological polar surface area (TPSA) is 116 Å². The first-order valence-electron chi connectivity index (χ1n) is 50.5. The third kappa shape index (κ3) is 19.5. The first-order chi connectivity index (χ1) is 74.2. The highest BCUT2D eigenvalue weighted by Gasteiger charge is 2.21. The van der Waals surface area contributed by atoms with Crippen LogP contribution in [0.2, 0.25) is 0 Å². The standard InChI is InChI=1S/C51H33N3.C47H31N3.C43H29N3/c1-4-17-43-34(10-1)13-8-20-45(43)36-22-26-38(27-23-36)49-31-50(39-28-24-37(25-29-39)48-33-52-32-42-12-3-6-19-47(42)48)54-51(53-49)41-16-7-15-40(30-41)46-21-9-14-35-11-2-5-18-44(35)46;1-3-10-36-26-40(23-19-32(36)8-1)38-12-5-14-42(28-38)46-30-45(35-21-17-34(18-22-35)44-16-7-25-48-31-44)49-47(50-46)43-15-6-13-39(29-43)41-24-20-33-9-2-4-11-37(33)27-41;1-2-7-30(8-3-1)32-16-23-37(24-17-32)43-45-41(28-42(46-43)36-21-14-34(15-22-36)40-11-6-26-44-29-40)35-19-12-33(13-20-35)39-25-18-31-9-4-5-10-38(31)27-39/h1-33H;1-31H;1-29H. The Hall–Kier alpha value is -20.1. The van der Waals surface area contributed by atoms with Gasteiger partial charge in [-0.3, -0.25) is 15.0 Å². The van der Waals surface area contributed by atoms with Crippen LogP contribution in [0.25, 0.3) is 266 Å². The lowest BCUT2D eigenvalue weighted by Gasteiger charge is -2.13. The van der Waals surface area contributed by atoms with E-state index in [2.05, 4.69) is 525 Å². The number of hydrogen-bond acceptors (Lipinski definition) is 9. The molecule has 0 aliphatic rings. The van der Waals surface area contributed by atoms with Crippen molar-refractivity contribution in [2.45, 2.75) is 0 Å². The third-order valence-corrected chi connectivity index (χ3v) is 28.2. The minimum atomic E-state index is 0.685.